The average molecular weight is 438 g/mol. The van der Waals surface area contributed by atoms with Crippen LogP contribution in [0.2, 0.25) is 0 Å². The number of rotatable bonds is 7. The van der Waals surface area contributed by atoms with Crippen molar-refractivity contribution in [3.05, 3.63) is 64.3 Å². The van der Waals surface area contributed by atoms with Crippen LogP contribution in [0, 0.1) is 5.92 Å². The van der Waals surface area contributed by atoms with Gasteiger partial charge in [0.25, 0.3) is 5.91 Å². The molecule has 4 rings (SSSR count). The van der Waals surface area contributed by atoms with Gasteiger partial charge in [0, 0.05) is 29.9 Å². The maximum Gasteiger partial charge on any atom is 0.259 e. The summed E-state index contributed by atoms with van der Waals surface area (Å²) in [6.07, 6.45) is 6.62. The Kier molecular flexibility index (Phi) is 6.42. The number of nitrogens with one attached hydrogen (secondary N) is 2. The van der Waals surface area contributed by atoms with Gasteiger partial charge in [0.1, 0.15) is 16.5 Å². The second-order valence-corrected chi connectivity index (χ2v) is 8.90. The summed E-state index contributed by atoms with van der Waals surface area (Å²) in [6, 6.07) is 9.32. The molecular weight excluding hydrogens is 410 g/mol. The van der Waals surface area contributed by atoms with E-state index >= 15 is 0 Å². The lowest BCUT2D eigenvalue weighted by Gasteiger charge is -2.19. The predicted octanol–water partition coefficient (Wildman–Crippen LogP) is 5.15. The number of aromatic nitrogens is 1. The minimum atomic E-state index is -0.132. The summed E-state index contributed by atoms with van der Waals surface area (Å²) < 4.78 is 10.8. The van der Waals surface area contributed by atoms with E-state index in [1.54, 1.807) is 43.9 Å². The van der Waals surface area contributed by atoms with Gasteiger partial charge >= 0.3 is 0 Å². The van der Waals surface area contributed by atoms with Gasteiger partial charge in [-0.15, -0.1) is 11.3 Å². The van der Waals surface area contributed by atoms with Gasteiger partial charge in [-0.25, -0.2) is 0 Å². The molecule has 0 aliphatic heterocycles. The molecule has 1 atom stereocenters. The number of amides is 1. The predicted molar refractivity (Wildman–Crippen MR) is 125 cm³/mol. The first-order valence-electron chi connectivity index (χ1n) is 10.4. The van der Waals surface area contributed by atoms with Crippen LogP contribution in [0.3, 0.4) is 0 Å². The van der Waals surface area contributed by atoms with Crippen LogP contribution in [-0.4, -0.2) is 25.1 Å². The van der Waals surface area contributed by atoms with Crippen molar-refractivity contribution in [2.24, 2.45) is 5.92 Å². The van der Waals surface area contributed by atoms with E-state index in [0.29, 0.717) is 29.6 Å². The van der Waals surface area contributed by atoms with E-state index in [2.05, 4.69) is 22.5 Å². The molecule has 0 bridgehead atoms. The molecule has 2 N–H and O–H groups in total. The number of pyridine rings is 1. The monoisotopic (exact) mass is 437 g/mol. The lowest BCUT2D eigenvalue weighted by Crippen LogP contribution is -2.18. The number of ether oxygens (including phenoxy) is 2. The number of thiophene rings is 1. The van der Waals surface area contributed by atoms with Gasteiger partial charge in [-0.1, -0.05) is 13.0 Å². The van der Waals surface area contributed by atoms with Crippen molar-refractivity contribution in [1.82, 2.24) is 4.98 Å². The quantitative estimate of drug-likeness (QED) is 0.535. The van der Waals surface area contributed by atoms with Gasteiger partial charge in [-0.05, 0) is 54.5 Å². The molecule has 1 aliphatic rings. The first-order valence-corrected chi connectivity index (χ1v) is 11.2. The minimum absolute atomic E-state index is 0.132. The third-order valence-electron chi connectivity index (χ3n) is 5.57. The van der Waals surface area contributed by atoms with Crippen LogP contribution < -0.4 is 20.1 Å². The van der Waals surface area contributed by atoms with E-state index in [1.165, 1.54) is 4.88 Å². The molecule has 7 heteroatoms. The smallest absolute Gasteiger partial charge is 0.259 e. The van der Waals surface area contributed by atoms with Gasteiger partial charge in [-0.3, -0.25) is 9.78 Å². The summed E-state index contributed by atoms with van der Waals surface area (Å²) >= 11 is 1.69. The van der Waals surface area contributed by atoms with Crippen LogP contribution in [0.5, 0.6) is 11.5 Å². The van der Waals surface area contributed by atoms with Crippen LogP contribution >= 0.6 is 11.3 Å². The van der Waals surface area contributed by atoms with Crippen molar-refractivity contribution in [2.45, 2.75) is 32.7 Å². The molecule has 0 spiro atoms. The normalized spacial score (nSPS) is 15.1. The van der Waals surface area contributed by atoms with E-state index in [4.69, 9.17) is 9.47 Å². The molecule has 1 aromatic carbocycles. The zero-order valence-corrected chi connectivity index (χ0v) is 18.8. The fraction of sp³-hybridized carbons (Fsp3) is 0.333. The topological polar surface area (TPSA) is 72.5 Å². The molecule has 162 valence electrons. The molecule has 31 heavy (non-hydrogen) atoms. The van der Waals surface area contributed by atoms with Gasteiger partial charge in [-0.2, -0.15) is 0 Å². The number of methoxy groups -OCH3 is 2. The van der Waals surface area contributed by atoms with Crippen LogP contribution in [0.15, 0.2) is 42.7 Å². The first kappa shape index (κ1) is 21.2. The van der Waals surface area contributed by atoms with Crippen molar-refractivity contribution in [1.29, 1.82) is 0 Å². The number of anilines is 2. The van der Waals surface area contributed by atoms with Crippen LogP contribution in [0.1, 0.15) is 39.7 Å². The Labute approximate surface area is 186 Å². The highest BCUT2D eigenvalue weighted by atomic mass is 32.1. The summed E-state index contributed by atoms with van der Waals surface area (Å²) in [5.74, 6) is 1.75. The molecule has 0 radical (unpaired) electrons. The second-order valence-electron chi connectivity index (χ2n) is 7.79. The zero-order valence-electron chi connectivity index (χ0n) is 18.0. The van der Waals surface area contributed by atoms with Crippen molar-refractivity contribution in [3.8, 4) is 11.5 Å². The number of hydrogen-bond donors (Lipinski definition) is 2. The summed E-state index contributed by atoms with van der Waals surface area (Å²) in [6.45, 7) is 2.89. The third-order valence-corrected chi connectivity index (χ3v) is 6.78. The SMILES string of the molecule is COc1ccc(OC)c(NC(=O)c2c(NCc3cccnc3)sc3c2CCC(C)C3)c1. The number of fused-ring (bicyclic) bond motifs is 1. The van der Waals surface area contributed by atoms with Gasteiger partial charge < -0.3 is 20.1 Å². The number of nitrogens with zero attached hydrogens (tertiary/aromatic N) is 1. The van der Waals surface area contributed by atoms with Crippen molar-refractivity contribution >= 4 is 27.9 Å². The summed E-state index contributed by atoms with van der Waals surface area (Å²) in [4.78, 5) is 19.0. The molecule has 2 aromatic heterocycles. The Bertz CT molecular complexity index is 1070. The first-order chi connectivity index (χ1) is 15.1. The standard InChI is InChI=1S/C24H27N3O3S/c1-15-6-8-18-21(11-15)31-24(26-14-16-5-4-10-25-13-16)22(18)23(28)27-19-12-17(29-2)7-9-20(19)30-3/h4-5,7,9-10,12-13,15,26H,6,8,11,14H2,1-3H3,(H,27,28). The van der Waals surface area contributed by atoms with Crippen LogP contribution in [0.25, 0.3) is 0 Å². The van der Waals surface area contributed by atoms with Gasteiger partial charge in [0.15, 0.2) is 0 Å². The Morgan fingerprint density at radius 3 is 2.87 bits per heavy atom. The maximum atomic E-state index is 13.5. The number of carbonyl (C=O) groups excluding carboxylic acids is 1. The third kappa shape index (κ3) is 4.66. The van der Waals surface area contributed by atoms with Gasteiger partial charge in [0.2, 0.25) is 0 Å². The van der Waals surface area contributed by atoms with Crippen molar-refractivity contribution in [2.75, 3.05) is 24.9 Å². The average Bonchev–Trinajstić information content (AvgIpc) is 3.15. The molecule has 0 saturated carbocycles. The lowest BCUT2D eigenvalue weighted by molar-refractivity contribution is 0.102. The van der Waals surface area contributed by atoms with Gasteiger partial charge in [0.05, 0.1) is 25.5 Å². The fourth-order valence-electron chi connectivity index (χ4n) is 3.90. The number of benzene rings is 1. The van der Waals surface area contributed by atoms with Crippen molar-refractivity contribution in [3.63, 3.8) is 0 Å². The highest BCUT2D eigenvalue weighted by Crippen LogP contribution is 2.40. The number of hydrogen-bond acceptors (Lipinski definition) is 6. The second kappa shape index (κ2) is 9.39. The molecule has 6 nitrogen and oxygen atoms in total. The molecule has 0 fully saturated rings. The zero-order chi connectivity index (χ0) is 21.8. The Morgan fingerprint density at radius 2 is 2.13 bits per heavy atom. The molecule has 1 amide bonds. The molecule has 0 saturated heterocycles. The Morgan fingerprint density at radius 1 is 1.26 bits per heavy atom. The minimum Gasteiger partial charge on any atom is -0.497 e. The molecular formula is C24H27N3O3S. The molecule has 3 aromatic rings. The number of carbonyl (C=O) groups is 1. The highest BCUT2D eigenvalue weighted by Gasteiger charge is 2.28. The van der Waals surface area contributed by atoms with Crippen LogP contribution in [0.4, 0.5) is 10.7 Å². The largest absolute Gasteiger partial charge is 0.497 e. The van der Waals surface area contributed by atoms with E-state index in [0.717, 1.165) is 41.0 Å². The maximum absolute atomic E-state index is 13.5. The van der Waals surface area contributed by atoms with E-state index in [-0.39, 0.29) is 5.91 Å². The van der Waals surface area contributed by atoms with E-state index in [1.807, 2.05) is 24.4 Å². The van der Waals surface area contributed by atoms with Crippen molar-refractivity contribution < 1.29 is 14.3 Å². The van der Waals surface area contributed by atoms with Crippen LogP contribution in [-0.2, 0) is 19.4 Å². The molecule has 1 unspecified atom stereocenters. The Hall–Kier alpha value is -3.06. The lowest BCUT2D eigenvalue weighted by atomic mass is 9.88. The molecule has 1 aliphatic carbocycles. The summed E-state index contributed by atoms with van der Waals surface area (Å²) in [7, 11) is 3.19. The molecule has 2 heterocycles. The highest BCUT2D eigenvalue weighted by molar-refractivity contribution is 7.16. The summed E-state index contributed by atoms with van der Waals surface area (Å²) in [5, 5.41) is 7.43. The summed E-state index contributed by atoms with van der Waals surface area (Å²) in [5.41, 5.74) is 3.56. The van der Waals surface area contributed by atoms with E-state index in [9.17, 15) is 4.79 Å². The van der Waals surface area contributed by atoms with E-state index < -0.39 is 0 Å². The fourth-order valence-corrected chi connectivity index (χ4v) is 5.30. The Balaban J connectivity index is 1.65.